The van der Waals surface area contributed by atoms with E-state index >= 15 is 0 Å². The van der Waals surface area contributed by atoms with Crippen molar-refractivity contribution in [3.63, 3.8) is 0 Å². The first-order valence-corrected chi connectivity index (χ1v) is 11.0. The van der Waals surface area contributed by atoms with Gasteiger partial charge in [0, 0.05) is 55.6 Å². The number of nitrogens with one attached hydrogen (secondary N) is 1. The van der Waals surface area contributed by atoms with Gasteiger partial charge in [0.05, 0.1) is 16.8 Å². The summed E-state index contributed by atoms with van der Waals surface area (Å²) in [5.41, 5.74) is 9.34. The van der Waals surface area contributed by atoms with Crippen LogP contribution in [0.15, 0.2) is 54.7 Å². The van der Waals surface area contributed by atoms with Gasteiger partial charge < -0.3 is 20.9 Å². The highest BCUT2D eigenvalue weighted by molar-refractivity contribution is 6.08. The molecule has 1 fully saturated rings. The fourth-order valence-electron chi connectivity index (χ4n) is 4.06. The van der Waals surface area contributed by atoms with E-state index in [1.54, 1.807) is 0 Å². The quantitative estimate of drug-likeness (QED) is 0.620. The summed E-state index contributed by atoms with van der Waals surface area (Å²) in [5, 5.41) is 4.19. The van der Waals surface area contributed by atoms with E-state index in [9.17, 15) is 9.59 Å². The molecular weight excluding hydrogens is 402 g/mol. The number of rotatable bonds is 6. The molecule has 2 aromatic carbocycles. The second-order valence-electron chi connectivity index (χ2n) is 8.57. The molecule has 3 N–H and O–H groups in total. The lowest BCUT2D eigenvalue weighted by Gasteiger charge is -2.36. The molecule has 1 aromatic heterocycles. The number of carbonyl (C=O) groups is 2. The Morgan fingerprint density at radius 3 is 2.44 bits per heavy atom. The third-order valence-electron chi connectivity index (χ3n) is 5.74. The number of para-hydroxylation sites is 1. The molecule has 1 aliphatic heterocycles. The summed E-state index contributed by atoms with van der Waals surface area (Å²) in [4.78, 5) is 33.2. The minimum Gasteiger partial charge on any atom is -0.368 e. The molecule has 0 saturated carbocycles. The Morgan fingerprint density at radius 2 is 1.78 bits per heavy atom. The summed E-state index contributed by atoms with van der Waals surface area (Å²) < 4.78 is 0. The Bertz CT molecular complexity index is 1120. The first-order valence-electron chi connectivity index (χ1n) is 11.0. The zero-order valence-electron chi connectivity index (χ0n) is 18.5. The summed E-state index contributed by atoms with van der Waals surface area (Å²) >= 11 is 0. The number of pyridine rings is 1. The number of carbonyl (C=O) groups excluding carboxylic acids is 2. The van der Waals surface area contributed by atoms with Crippen molar-refractivity contribution >= 4 is 39.8 Å². The van der Waals surface area contributed by atoms with Gasteiger partial charge in [-0.25, -0.2) is 0 Å². The normalized spacial score (nSPS) is 14.1. The maximum Gasteiger partial charge on any atom is 0.252 e. The Kier molecular flexibility index (Phi) is 6.25. The van der Waals surface area contributed by atoms with E-state index < -0.39 is 5.91 Å². The lowest BCUT2D eigenvalue weighted by molar-refractivity contribution is -0.132. The molecule has 32 heavy (non-hydrogen) atoms. The number of amides is 2. The van der Waals surface area contributed by atoms with Crippen LogP contribution in [0.3, 0.4) is 0 Å². The van der Waals surface area contributed by atoms with Gasteiger partial charge in [-0.15, -0.1) is 0 Å². The molecule has 0 unspecified atom stereocenters. The van der Waals surface area contributed by atoms with Crippen molar-refractivity contribution < 1.29 is 9.59 Å². The number of nitrogens with zero attached hydrogens (tertiary/aromatic N) is 3. The van der Waals surface area contributed by atoms with Crippen LogP contribution in [-0.4, -0.2) is 47.9 Å². The monoisotopic (exact) mass is 431 g/mol. The number of hydrogen-bond donors (Lipinski definition) is 2. The maximum atomic E-state index is 12.4. The van der Waals surface area contributed by atoms with E-state index in [0.29, 0.717) is 36.7 Å². The molecule has 1 aliphatic rings. The highest BCUT2D eigenvalue weighted by Crippen LogP contribution is 2.32. The van der Waals surface area contributed by atoms with Crippen LogP contribution < -0.4 is 16.0 Å². The lowest BCUT2D eigenvalue weighted by Crippen LogP contribution is -2.49. The van der Waals surface area contributed by atoms with Crippen LogP contribution in [0.1, 0.15) is 30.6 Å². The van der Waals surface area contributed by atoms with Crippen molar-refractivity contribution in [2.75, 3.05) is 36.4 Å². The van der Waals surface area contributed by atoms with E-state index in [1.807, 2.05) is 53.4 Å². The van der Waals surface area contributed by atoms with Gasteiger partial charge in [-0.3, -0.25) is 14.6 Å². The summed E-state index contributed by atoms with van der Waals surface area (Å²) in [7, 11) is 0. The number of nitrogens with two attached hydrogens (primary N) is 1. The van der Waals surface area contributed by atoms with Crippen LogP contribution in [-0.2, 0) is 4.79 Å². The zero-order valence-corrected chi connectivity index (χ0v) is 18.5. The van der Waals surface area contributed by atoms with Crippen LogP contribution in [0.25, 0.3) is 10.9 Å². The molecule has 0 atom stereocenters. The molecule has 4 rings (SSSR count). The van der Waals surface area contributed by atoms with Crippen LogP contribution >= 0.6 is 0 Å². The summed E-state index contributed by atoms with van der Waals surface area (Å²) in [6.07, 6.45) is 2.11. The summed E-state index contributed by atoms with van der Waals surface area (Å²) in [6.45, 7) is 7.08. The van der Waals surface area contributed by atoms with Gasteiger partial charge >= 0.3 is 0 Å². The van der Waals surface area contributed by atoms with Crippen molar-refractivity contribution in [3.05, 3.63) is 60.3 Å². The Morgan fingerprint density at radius 1 is 1.06 bits per heavy atom. The number of anilines is 3. The average Bonchev–Trinajstić information content (AvgIpc) is 2.79. The predicted molar refractivity (Wildman–Crippen MR) is 128 cm³/mol. The topological polar surface area (TPSA) is 91.6 Å². The van der Waals surface area contributed by atoms with Gasteiger partial charge in [0.15, 0.2) is 0 Å². The van der Waals surface area contributed by atoms with E-state index in [1.165, 1.54) is 6.20 Å². The Hall–Kier alpha value is -3.61. The molecule has 7 heteroatoms. The molecule has 2 heterocycles. The van der Waals surface area contributed by atoms with Crippen molar-refractivity contribution in [2.45, 2.75) is 20.3 Å². The van der Waals surface area contributed by atoms with Crippen LogP contribution in [0.2, 0.25) is 0 Å². The second-order valence-corrected chi connectivity index (χ2v) is 8.57. The molecule has 2 amide bonds. The minimum absolute atomic E-state index is 0.225. The van der Waals surface area contributed by atoms with E-state index in [4.69, 9.17) is 5.73 Å². The third-order valence-corrected chi connectivity index (χ3v) is 5.74. The van der Waals surface area contributed by atoms with Gasteiger partial charge in [-0.2, -0.15) is 0 Å². The molecular formula is C25H29N5O2. The Labute approximate surface area is 188 Å². The van der Waals surface area contributed by atoms with Crippen molar-refractivity contribution in [3.8, 4) is 0 Å². The fourth-order valence-corrected chi connectivity index (χ4v) is 4.06. The fraction of sp³-hybridized carbons (Fsp3) is 0.320. The average molecular weight is 432 g/mol. The van der Waals surface area contributed by atoms with E-state index in [2.05, 4.69) is 29.0 Å². The highest BCUT2D eigenvalue weighted by Gasteiger charge is 2.22. The number of primary amides is 1. The van der Waals surface area contributed by atoms with Gasteiger partial charge in [-0.05, 0) is 36.2 Å². The number of hydrogen-bond acceptors (Lipinski definition) is 5. The van der Waals surface area contributed by atoms with Gasteiger partial charge in [0.1, 0.15) is 0 Å². The van der Waals surface area contributed by atoms with Gasteiger partial charge in [0.2, 0.25) is 5.91 Å². The van der Waals surface area contributed by atoms with E-state index in [0.717, 1.165) is 35.4 Å². The second kappa shape index (κ2) is 9.26. The highest BCUT2D eigenvalue weighted by atomic mass is 16.2. The number of aromatic nitrogens is 1. The van der Waals surface area contributed by atoms with Crippen LogP contribution in [0.4, 0.5) is 17.1 Å². The molecule has 0 radical (unpaired) electrons. The number of piperazine rings is 1. The first kappa shape index (κ1) is 21.6. The molecule has 7 nitrogen and oxygen atoms in total. The van der Waals surface area contributed by atoms with Crippen LogP contribution in [0, 0.1) is 5.92 Å². The zero-order chi connectivity index (χ0) is 22.7. The summed E-state index contributed by atoms with van der Waals surface area (Å²) in [6, 6.07) is 15.7. The molecule has 1 saturated heterocycles. The van der Waals surface area contributed by atoms with Crippen molar-refractivity contribution in [2.24, 2.45) is 11.7 Å². The maximum absolute atomic E-state index is 12.4. The number of fused-ring (bicyclic) bond motifs is 1. The van der Waals surface area contributed by atoms with Gasteiger partial charge in [-0.1, -0.05) is 32.0 Å². The first-order chi connectivity index (χ1) is 15.4. The standard InChI is InChI=1S/C25H29N5O2/c1-17(2)14-23(31)30-12-10-29(11-13-30)19-8-9-22-20(15-19)24(21(16-27-22)25(26)32)28-18-6-4-3-5-7-18/h3-9,15-17H,10-14H2,1-2H3,(H2,26,32)(H,27,28). The third kappa shape index (κ3) is 4.66. The Balaban J connectivity index is 1.63. The van der Waals surface area contributed by atoms with E-state index in [-0.39, 0.29) is 5.91 Å². The predicted octanol–water partition coefficient (Wildman–Crippen LogP) is 3.77. The van der Waals surface area contributed by atoms with Crippen LogP contribution in [0.5, 0.6) is 0 Å². The molecule has 0 spiro atoms. The van der Waals surface area contributed by atoms with Crippen molar-refractivity contribution in [1.29, 1.82) is 0 Å². The molecule has 0 bridgehead atoms. The SMILES string of the molecule is CC(C)CC(=O)N1CCN(c2ccc3ncc(C(N)=O)c(Nc4ccccc4)c3c2)CC1. The summed E-state index contributed by atoms with van der Waals surface area (Å²) in [5.74, 6) is 0.0619. The smallest absolute Gasteiger partial charge is 0.252 e. The molecule has 166 valence electrons. The van der Waals surface area contributed by atoms with Gasteiger partial charge in [0.25, 0.3) is 5.91 Å². The lowest BCUT2D eigenvalue weighted by atomic mass is 10.1. The minimum atomic E-state index is -0.527. The number of benzene rings is 2. The van der Waals surface area contributed by atoms with Crippen molar-refractivity contribution in [1.82, 2.24) is 9.88 Å². The largest absolute Gasteiger partial charge is 0.368 e. The molecule has 0 aliphatic carbocycles. The molecule has 3 aromatic rings.